The van der Waals surface area contributed by atoms with Crippen LogP contribution in [0.25, 0.3) is 0 Å². The Balaban J connectivity index is 3.51. The van der Waals surface area contributed by atoms with Crippen molar-refractivity contribution in [2.45, 2.75) is 96.5 Å². The molecule has 0 amide bonds. The van der Waals surface area contributed by atoms with Crippen molar-refractivity contribution in [1.82, 2.24) is 0 Å². The largest absolute Gasteiger partial charge is 0.472 e. The number of esters is 1. The van der Waals surface area contributed by atoms with Gasteiger partial charge in [-0.2, -0.15) is 0 Å². The molecule has 0 aliphatic heterocycles. The minimum atomic E-state index is -4.24. The number of hydrogen-bond acceptors (Lipinski definition) is 7. The van der Waals surface area contributed by atoms with E-state index in [1.807, 2.05) is 0 Å². The molecule has 2 atom stereocenters. The lowest BCUT2D eigenvalue weighted by Crippen LogP contribution is -2.23. The highest BCUT2D eigenvalue weighted by Crippen LogP contribution is 2.42. The third kappa shape index (κ3) is 22.2. The number of carbonyl (C=O) groups is 1. The van der Waals surface area contributed by atoms with Crippen LogP contribution in [0.15, 0.2) is 12.2 Å². The van der Waals surface area contributed by atoms with Crippen LogP contribution in [0.2, 0.25) is 0 Å². The number of ether oxygens (including phenoxy) is 1. The van der Waals surface area contributed by atoms with Gasteiger partial charge in [0.1, 0.15) is 12.7 Å². The molecule has 184 valence electrons. The van der Waals surface area contributed by atoms with Gasteiger partial charge in [-0.25, -0.2) is 4.57 Å². The molecular formula is C22H44NO7P. The van der Waals surface area contributed by atoms with Gasteiger partial charge in [-0.1, -0.05) is 64.0 Å². The van der Waals surface area contributed by atoms with E-state index in [0.717, 1.165) is 32.1 Å². The second-order valence-electron chi connectivity index (χ2n) is 7.70. The first kappa shape index (κ1) is 30.2. The van der Waals surface area contributed by atoms with Gasteiger partial charge in [-0.15, -0.1) is 0 Å². The lowest BCUT2D eigenvalue weighted by atomic mass is 10.1. The second kappa shape index (κ2) is 21.1. The molecule has 0 fully saturated rings. The third-order valence-corrected chi connectivity index (χ3v) is 5.62. The van der Waals surface area contributed by atoms with E-state index in [0.29, 0.717) is 6.42 Å². The Labute approximate surface area is 188 Å². The van der Waals surface area contributed by atoms with Crippen molar-refractivity contribution in [3.63, 3.8) is 0 Å². The number of aliphatic hydroxyl groups is 1. The Kier molecular flexibility index (Phi) is 20.6. The Morgan fingerprint density at radius 2 is 1.52 bits per heavy atom. The summed E-state index contributed by atoms with van der Waals surface area (Å²) >= 11 is 0. The topological polar surface area (TPSA) is 128 Å². The summed E-state index contributed by atoms with van der Waals surface area (Å²) in [7, 11) is -4.24. The predicted molar refractivity (Wildman–Crippen MR) is 123 cm³/mol. The first-order chi connectivity index (χ1) is 14.9. The van der Waals surface area contributed by atoms with E-state index >= 15 is 0 Å². The number of hydrogen-bond donors (Lipinski definition) is 3. The van der Waals surface area contributed by atoms with Gasteiger partial charge in [0.25, 0.3) is 0 Å². The van der Waals surface area contributed by atoms with Crippen LogP contribution in [0.1, 0.15) is 90.4 Å². The highest BCUT2D eigenvalue weighted by Gasteiger charge is 2.22. The molecule has 0 bridgehead atoms. The zero-order chi connectivity index (χ0) is 23.2. The summed E-state index contributed by atoms with van der Waals surface area (Å²) in [6, 6.07) is 0. The van der Waals surface area contributed by atoms with Crippen LogP contribution in [0.4, 0.5) is 0 Å². The molecule has 0 rings (SSSR count). The van der Waals surface area contributed by atoms with Crippen LogP contribution in [0, 0.1) is 0 Å². The van der Waals surface area contributed by atoms with Gasteiger partial charge in [-0.3, -0.25) is 13.8 Å². The summed E-state index contributed by atoms with van der Waals surface area (Å²) in [5, 5.41) is 9.66. The Morgan fingerprint density at radius 1 is 0.935 bits per heavy atom. The SMILES string of the molecule is CCCCCCC/C=C\CCCCCCCC(=O)OCC(O)COP(=O)(O)OCCN. The van der Waals surface area contributed by atoms with Crippen LogP contribution < -0.4 is 5.73 Å². The molecule has 0 saturated heterocycles. The molecule has 0 aromatic heterocycles. The van der Waals surface area contributed by atoms with Crippen molar-refractivity contribution in [2.24, 2.45) is 5.73 Å². The number of aliphatic hydroxyl groups excluding tert-OH is 1. The van der Waals surface area contributed by atoms with E-state index in [1.54, 1.807) is 0 Å². The molecule has 0 radical (unpaired) electrons. The fourth-order valence-electron chi connectivity index (χ4n) is 2.86. The lowest BCUT2D eigenvalue weighted by Gasteiger charge is -2.15. The van der Waals surface area contributed by atoms with Crippen LogP contribution >= 0.6 is 7.82 Å². The van der Waals surface area contributed by atoms with Crippen molar-refractivity contribution in [1.29, 1.82) is 0 Å². The van der Waals surface area contributed by atoms with E-state index in [9.17, 15) is 19.4 Å². The van der Waals surface area contributed by atoms with Crippen LogP contribution in [0.3, 0.4) is 0 Å². The van der Waals surface area contributed by atoms with Crippen molar-refractivity contribution < 1.29 is 33.1 Å². The number of phosphoric acid groups is 1. The summed E-state index contributed by atoms with van der Waals surface area (Å²) in [6.07, 6.45) is 17.7. The Bertz CT molecular complexity index is 502. The fourth-order valence-corrected chi connectivity index (χ4v) is 3.63. The summed E-state index contributed by atoms with van der Waals surface area (Å²) in [5.41, 5.74) is 5.16. The van der Waals surface area contributed by atoms with Crippen molar-refractivity contribution in [3.05, 3.63) is 12.2 Å². The number of allylic oxidation sites excluding steroid dienone is 2. The monoisotopic (exact) mass is 465 g/mol. The average Bonchev–Trinajstić information content (AvgIpc) is 2.75. The molecule has 0 aliphatic rings. The number of nitrogens with two attached hydrogens (primary N) is 1. The van der Waals surface area contributed by atoms with Gasteiger partial charge in [0.2, 0.25) is 0 Å². The van der Waals surface area contributed by atoms with E-state index < -0.39 is 26.5 Å². The predicted octanol–water partition coefficient (Wildman–Crippen LogP) is 4.63. The molecular weight excluding hydrogens is 421 g/mol. The molecule has 0 aromatic carbocycles. The van der Waals surface area contributed by atoms with Crippen LogP contribution in [0.5, 0.6) is 0 Å². The van der Waals surface area contributed by atoms with E-state index in [-0.39, 0.29) is 19.8 Å². The van der Waals surface area contributed by atoms with Crippen LogP contribution in [-0.2, 0) is 23.1 Å². The smallest absolute Gasteiger partial charge is 0.463 e. The summed E-state index contributed by atoms with van der Waals surface area (Å²) < 4.78 is 25.5. The van der Waals surface area contributed by atoms with Crippen molar-refractivity contribution >= 4 is 13.8 Å². The molecule has 31 heavy (non-hydrogen) atoms. The van der Waals surface area contributed by atoms with E-state index in [4.69, 9.17) is 10.5 Å². The van der Waals surface area contributed by atoms with Gasteiger partial charge in [0, 0.05) is 13.0 Å². The number of carbonyl (C=O) groups excluding carboxylic acids is 1. The van der Waals surface area contributed by atoms with Crippen molar-refractivity contribution in [2.75, 3.05) is 26.4 Å². The maximum atomic E-state index is 11.7. The van der Waals surface area contributed by atoms with Gasteiger partial charge in [-0.05, 0) is 32.1 Å². The Morgan fingerprint density at radius 3 is 2.13 bits per heavy atom. The standard InChI is InChI=1S/C22H44NO7P/c1-2-3-4-5-6-7-8-9-10-11-12-13-14-15-16-22(25)28-19-21(24)20-30-31(26,27)29-18-17-23/h8-9,21,24H,2-7,10-20,23H2,1H3,(H,26,27)/b9-8-. The molecule has 0 aromatic rings. The molecule has 2 unspecified atom stereocenters. The zero-order valence-corrected chi connectivity index (χ0v) is 20.1. The highest BCUT2D eigenvalue weighted by molar-refractivity contribution is 7.47. The average molecular weight is 466 g/mol. The molecule has 0 heterocycles. The Hall–Kier alpha value is -0.760. The third-order valence-electron chi connectivity index (χ3n) is 4.63. The number of phosphoric ester groups is 1. The molecule has 0 aliphatic carbocycles. The fraction of sp³-hybridized carbons (Fsp3) is 0.864. The summed E-state index contributed by atoms with van der Waals surface area (Å²) in [6.45, 7) is 1.41. The minimum Gasteiger partial charge on any atom is -0.463 e. The maximum Gasteiger partial charge on any atom is 0.472 e. The molecule has 8 nitrogen and oxygen atoms in total. The molecule has 0 saturated carbocycles. The maximum absolute atomic E-state index is 11.7. The van der Waals surface area contributed by atoms with E-state index in [2.05, 4.69) is 28.1 Å². The first-order valence-electron chi connectivity index (χ1n) is 11.7. The summed E-state index contributed by atoms with van der Waals surface area (Å²) in [4.78, 5) is 21.0. The normalized spacial score (nSPS) is 14.6. The van der Waals surface area contributed by atoms with Gasteiger partial charge in [0.15, 0.2) is 0 Å². The summed E-state index contributed by atoms with van der Waals surface area (Å²) in [5.74, 6) is -0.396. The van der Waals surface area contributed by atoms with Gasteiger partial charge in [0.05, 0.1) is 13.2 Å². The first-order valence-corrected chi connectivity index (χ1v) is 13.2. The highest BCUT2D eigenvalue weighted by atomic mass is 31.2. The molecule has 9 heteroatoms. The van der Waals surface area contributed by atoms with Gasteiger partial charge < -0.3 is 20.5 Å². The second-order valence-corrected chi connectivity index (χ2v) is 9.16. The minimum absolute atomic E-state index is 0.0738. The van der Waals surface area contributed by atoms with Crippen molar-refractivity contribution in [3.8, 4) is 0 Å². The van der Waals surface area contributed by atoms with Crippen LogP contribution in [-0.4, -0.2) is 48.4 Å². The molecule has 4 N–H and O–H groups in total. The number of rotatable bonds is 22. The molecule has 0 spiro atoms. The van der Waals surface area contributed by atoms with Gasteiger partial charge >= 0.3 is 13.8 Å². The quantitative estimate of drug-likeness (QED) is 0.0913. The zero-order valence-electron chi connectivity index (χ0n) is 19.2. The lowest BCUT2D eigenvalue weighted by molar-refractivity contribution is -0.147. The number of unbranched alkanes of at least 4 members (excludes halogenated alkanes) is 10. The van der Waals surface area contributed by atoms with E-state index in [1.165, 1.54) is 44.9 Å².